The maximum atomic E-state index is 12.5. The van der Waals surface area contributed by atoms with Crippen molar-refractivity contribution in [3.8, 4) is 6.07 Å². The van der Waals surface area contributed by atoms with Crippen LogP contribution in [0, 0.1) is 16.7 Å². The molecule has 1 saturated heterocycles. The lowest BCUT2D eigenvalue weighted by Gasteiger charge is -2.40. The number of likely N-dealkylation sites (tertiary alicyclic amines) is 1. The largest absolute Gasteiger partial charge is 0.396 e. The first kappa shape index (κ1) is 14.5. The molecular weight excluding hydrogens is 252 g/mol. The minimum Gasteiger partial charge on any atom is -0.396 e. The molecule has 106 valence electrons. The number of hydrogen-bond donors (Lipinski definition) is 1. The lowest BCUT2D eigenvalue weighted by molar-refractivity contribution is 0.0338. The highest BCUT2D eigenvalue weighted by Crippen LogP contribution is 2.34. The van der Waals surface area contributed by atoms with Crippen LogP contribution in [0.1, 0.15) is 42.1 Å². The summed E-state index contributed by atoms with van der Waals surface area (Å²) < 4.78 is 0. The van der Waals surface area contributed by atoms with Gasteiger partial charge < -0.3 is 10.0 Å². The Labute approximate surface area is 119 Å². The molecule has 2 rings (SSSR count). The van der Waals surface area contributed by atoms with Crippen LogP contribution in [0.5, 0.6) is 0 Å². The third-order valence-corrected chi connectivity index (χ3v) is 4.47. The van der Waals surface area contributed by atoms with Gasteiger partial charge in [-0.2, -0.15) is 5.26 Å². The Morgan fingerprint density at radius 3 is 2.60 bits per heavy atom. The van der Waals surface area contributed by atoms with Gasteiger partial charge in [0.2, 0.25) is 0 Å². The number of piperidine rings is 1. The summed E-state index contributed by atoms with van der Waals surface area (Å²) in [5.74, 6) is -0.0789. The number of nitriles is 1. The molecule has 0 aliphatic carbocycles. The molecule has 1 N–H and O–H groups in total. The molecule has 1 aromatic carbocycles. The number of aliphatic hydroxyl groups excluding tert-OH is 1. The first-order valence-electron chi connectivity index (χ1n) is 7.05. The molecule has 0 aromatic heterocycles. The number of aliphatic hydroxyl groups is 1. The fraction of sp³-hybridized carbons (Fsp3) is 0.500. The summed E-state index contributed by atoms with van der Waals surface area (Å²) in [7, 11) is 0. The van der Waals surface area contributed by atoms with Crippen molar-refractivity contribution >= 4 is 5.91 Å². The van der Waals surface area contributed by atoms with Gasteiger partial charge in [0.05, 0.1) is 17.2 Å². The maximum Gasteiger partial charge on any atom is 0.255 e. The standard InChI is InChI=1S/C16H20N2O2/c1-2-16(12-19)7-9-18(10-8-16)15(20)14-6-4-3-5-13(14)11-17/h3-6,19H,2,7-10,12H2,1H3. The number of amides is 1. The zero-order valence-electron chi connectivity index (χ0n) is 11.8. The van der Waals surface area contributed by atoms with Crippen LogP contribution in [0.15, 0.2) is 24.3 Å². The fourth-order valence-corrected chi connectivity index (χ4v) is 2.75. The number of nitrogens with zero attached hydrogens (tertiary/aromatic N) is 2. The lowest BCUT2D eigenvalue weighted by atomic mass is 9.77. The van der Waals surface area contributed by atoms with Crippen molar-refractivity contribution in [2.75, 3.05) is 19.7 Å². The molecule has 20 heavy (non-hydrogen) atoms. The third kappa shape index (κ3) is 2.68. The second-order valence-electron chi connectivity index (χ2n) is 5.46. The molecule has 1 fully saturated rings. The molecule has 0 radical (unpaired) electrons. The third-order valence-electron chi connectivity index (χ3n) is 4.47. The highest BCUT2D eigenvalue weighted by atomic mass is 16.3. The second kappa shape index (κ2) is 6.06. The number of hydrogen-bond acceptors (Lipinski definition) is 3. The Kier molecular flexibility index (Phi) is 4.41. The van der Waals surface area contributed by atoms with E-state index < -0.39 is 0 Å². The second-order valence-corrected chi connectivity index (χ2v) is 5.46. The van der Waals surface area contributed by atoms with E-state index in [9.17, 15) is 9.90 Å². The van der Waals surface area contributed by atoms with Crippen LogP contribution in [0.3, 0.4) is 0 Å². The van der Waals surface area contributed by atoms with Crippen molar-refractivity contribution < 1.29 is 9.90 Å². The molecule has 1 aliphatic rings. The molecule has 4 heteroatoms. The van der Waals surface area contributed by atoms with Crippen molar-refractivity contribution in [1.82, 2.24) is 4.90 Å². The van der Waals surface area contributed by atoms with Gasteiger partial charge in [0.1, 0.15) is 0 Å². The normalized spacial score (nSPS) is 17.6. The van der Waals surface area contributed by atoms with Crippen molar-refractivity contribution in [3.05, 3.63) is 35.4 Å². The van der Waals surface area contributed by atoms with E-state index in [-0.39, 0.29) is 17.9 Å². The highest BCUT2D eigenvalue weighted by molar-refractivity contribution is 5.96. The number of carbonyl (C=O) groups excluding carboxylic acids is 1. The van der Waals surface area contributed by atoms with Crippen molar-refractivity contribution in [3.63, 3.8) is 0 Å². The van der Waals surface area contributed by atoms with Gasteiger partial charge in [0.25, 0.3) is 5.91 Å². The Hall–Kier alpha value is -1.86. The molecule has 1 amide bonds. The van der Waals surface area contributed by atoms with Gasteiger partial charge in [-0.3, -0.25) is 4.79 Å². The quantitative estimate of drug-likeness (QED) is 0.917. The average molecular weight is 272 g/mol. The Morgan fingerprint density at radius 2 is 2.05 bits per heavy atom. The molecular formula is C16H20N2O2. The van der Waals surface area contributed by atoms with Gasteiger partial charge in [-0.1, -0.05) is 19.1 Å². The molecule has 0 bridgehead atoms. The molecule has 1 heterocycles. The summed E-state index contributed by atoms with van der Waals surface area (Å²) in [5.41, 5.74) is 0.862. The minimum absolute atomic E-state index is 0.0362. The predicted octanol–water partition coefficient (Wildman–Crippen LogP) is 2.18. The molecule has 4 nitrogen and oxygen atoms in total. The van der Waals surface area contributed by atoms with Crippen LogP contribution >= 0.6 is 0 Å². The average Bonchev–Trinajstić information content (AvgIpc) is 2.54. The molecule has 0 saturated carbocycles. The van der Waals surface area contributed by atoms with Crippen molar-refractivity contribution in [2.45, 2.75) is 26.2 Å². The Balaban J connectivity index is 2.11. The zero-order chi connectivity index (χ0) is 14.6. The van der Waals surface area contributed by atoms with Gasteiger partial charge in [-0.05, 0) is 36.8 Å². The summed E-state index contributed by atoms with van der Waals surface area (Å²) in [6.07, 6.45) is 2.57. The van der Waals surface area contributed by atoms with E-state index in [1.54, 1.807) is 29.2 Å². The Bertz CT molecular complexity index is 520. The fourth-order valence-electron chi connectivity index (χ4n) is 2.75. The van der Waals surface area contributed by atoms with Gasteiger partial charge in [-0.25, -0.2) is 0 Å². The minimum atomic E-state index is -0.0789. The van der Waals surface area contributed by atoms with Gasteiger partial charge >= 0.3 is 0 Å². The van der Waals surface area contributed by atoms with E-state index in [0.29, 0.717) is 24.2 Å². The van der Waals surface area contributed by atoms with Gasteiger partial charge in [0, 0.05) is 19.7 Å². The number of carbonyl (C=O) groups is 1. The Morgan fingerprint density at radius 1 is 1.40 bits per heavy atom. The maximum absolute atomic E-state index is 12.5. The van der Waals surface area contributed by atoms with Gasteiger partial charge in [-0.15, -0.1) is 0 Å². The van der Waals surface area contributed by atoms with Crippen molar-refractivity contribution in [2.24, 2.45) is 5.41 Å². The van der Waals surface area contributed by atoms with E-state index >= 15 is 0 Å². The van der Waals surface area contributed by atoms with Crippen LogP contribution in [-0.2, 0) is 0 Å². The van der Waals surface area contributed by atoms with Crippen LogP contribution in [-0.4, -0.2) is 35.6 Å². The highest BCUT2D eigenvalue weighted by Gasteiger charge is 2.34. The molecule has 1 aromatic rings. The van der Waals surface area contributed by atoms with Crippen molar-refractivity contribution in [1.29, 1.82) is 5.26 Å². The monoisotopic (exact) mass is 272 g/mol. The summed E-state index contributed by atoms with van der Waals surface area (Å²) in [5, 5.41) is 18.6. The van der Waals surface area contributed by atoms with Gasteiger partial charge in [0.15, 0.2) is 0 Å². The summed E-state index contributed by atoms with van der Waals surface area (Å²) in [6, 6.07) is 8.98. The van der Waals surface area contributed by atoms with E-state index in [1.165, 1.54) is 0 Å². The smallest absolute Gasteiger partial charge is 0.255 e. The SMILES string of the molecule is CCC1(CO)CCN(C(=O)c2ccccc2C#N)CC1. The van der Waals surface area contributed by atoms with E-state index in [2.05, 4.69) is 13.0 Å². The van der Waals surface area contributed by atoms with E-state index in [1.807, 2.05) is 0 Å². The number of rotatable bonds is 3. The first-order valence-corrected chi connectivity index (χ1v) is 7.05. The van der Waals surface area contributed by atoms with E-state index in [4.69, 9.17) is 5.26 Å². The van der Waals surface area contributed by atoms with Crippen LogP contribution in [0.25, 0.3) is 0 Å². The van der Waals surface area contributed by atoms with Crippen LogP contribution < -0.4 is 0 Å². The molecule has 0 unspecified atom stereocenters. The predicted molar refractivity (Wildman–Crippen MR) is 76.1 cm³/mol. The molecule has 0 atom stereocenters. The topological polar surface area (TPSA) is 64.3 Å². The summed E-state index contributed by atoms with van der Waals surface area (Å²) >= 11 is 0. The molecule has 0 spiro atoms. The molecule has 1 aliphatic heterocycles. The number of benzene rings is 1. The van der Waals surface area contributed by atoms with Crippen LogP contribution in [0.4, 0.5) is 0 Å². The van der Waals surface area contributed by atoms with Crippen LogP contribution in [0.2, 0.25) is 0 Å². The summed E-state index contributed by atoms with van der Waals surface area (Å²) in [4.78, 5) is 14.3. The van der Waals surface area contributed by atoms with E-state index in [0.717, 1.165) is 19.3 Å². The summed E-state index contributed by atoms with van der Waals surface area (Å²) in [6.45, 7) is 3.55. The first-order chi connectivity index (χ1) is 9.65. The lowest BCUT2D eigenvalue weighted by Crippen LogP contribution is -2.44. The zero-order valence-corrected chi connectivity index (χ0v) is 11.8.